The van der Waals surface area contributed by atoms with E-state index in [2.05, 4.69) is 10.5 Å². The number of benzene rings is 2. The molecule has 2 aromatic rings. The van der Waals surface area contributed by atoms with Crippen LogP contribution in [0.25, 0.3) is 0 Å². The van der Waals surface area contributed by atoms with Crippen molar-refractivity contribution in [1.29, 1.82) is 0 Å². The van der Waals surface area contributed by atoms with Crippen molar-refractivity contribution in [2.75, 3.05) is 26.1 Å². The Kier molecular flexibility index (Phi) is 7.06. The van der Waals surface area contributed by atoms with Crippen molar-refractivity contribution in [2.24, 2.45) is 5.16 Å². The molecule has 26 heavy (non-hydrogen) atoms. The molecule has 0 aliphatic heterocycles. The summed E-state index contributed by atoms with van der Waals surface area (Å²) < 4.78 is 23.9. The van der Waals surface area contributed by atoms with Gasteiger partial charge >= 0.3 is 0 Å². The van der Waals surface area contributed by atoms with Crippen LogP contribution in [0.3, 0.4) is 0 Å². The number of hydrogen-bond donors (Lipinski definition) is 1. The van der Waals surface area contributed by atoms with Crippen LogP contribution in [0, 0.1) is 5.82 Å². The molecule has 1 N–H and O–H groups in total. The number of amides is 1. The van der Waals surface area contributed by atoms with Crippen molar-refractivity contribution in [3.63, 3.8) is 0 Å². The molecule has 0 heterocycles. The summed E-state index contributed by atoms with van der Waals surface area (Å²) in [4.78, 5) is 16.6. The maximum absolute atomic E-state index is 13.6. The van der Waals surface area contributed by atoms with Crippen molar-refractivity contribution < 1.29 is 23.5 Å². The molecule has 6 nitrogen and oxygen atoms in total. The molecule has 0 saturated carbocycles. The number of halogens is 3. The summed E-state index contributed by atoms with van der Waals surface area (Å²) in [5.74, 6) is -0.392. The Bertz CT molecular complexity index is 831. The standard InChI is InChI=1S/C17H15Cl2FN2O4/c1-24-15-6-10(5-12(19)17(15)25-2)8-21-26-9-16(23)22-14-4-3-11(18)7-13(14)20/h3-8H,9H2,1-2H3,(H,22,23)/b21-8-. The third-order valence-corrected chi connectivity index (χ3v) is 3.65. The van der Waals surface area contributed by atoms with Crippen LogP contribution in [0.4, 0.5) is 10.1 Å². The van der Waals surface area contributed by atoms with E-state index in [1.54, 1.807) is 12.1 Å². The van der Waals surface area contributed by atoms with Gasteiger partial charge in [-0.1, -0.05) is 28.4 Å². The average molecular weight is 401 g/mol. The molecule has 0 saturated heterocycles. The number of rotatable bonds is 7. The zero-order valence-electron chi connectivity index (χ0n) is 13.9. The van der Waals surface area contributed by atoms with Crippen LogP contribution in [0.2, 0.25) is 10.0 Å². The summed E-state index contributed by atoms with van der Waals surface area (Å²) in [7, 11) is 2.95. The largest absolute Gasteiger partial charge is 0.493 e. The SMILES string of the molecule is COc1cc(/C=N\OCC(=O)Nc2ccc(Cl)cc2F)cc(Cl)c1OC. The highest BCUT2D eigenvalue weighted by Crippen LogP contribution is 2.35. The second-order valence-corrected chi connectivity index (χ2v) is 5.76. The van der Waals surface area contributed by atoms with Gasteiger partial charge in [0.25, 0.3) is 5.91 Å². The zero-order valence-corrected chi connectivity index (χ0v) is 15.4. The van der Waals surface area contributed by atoms with E-state index in [0.29, 0.717) is 22.1 Å². The first-order chi connectivity index (χ1) is 12.4. The molecule has 0 aromatic heterocycles. The number of nitrogens with one attached hydrogen (secondary N) is 1. The molecule has 2 rings (SSSR count). The van der Waals surface area contributed by atoms with Gasteiger partial charge in [0, 0.05) is 10.6 Å². The fraction of sp³-hybridized carbons (Fsp3) is 0.176. The third kappa shape index (κ3) is 5.24. The van der Waals surface area contributed by atoms with Crippen LogP contribution in [0.15, 0.2) is 35.5 Å². The predicted octanol–water partition coefficient (Wildman–Crippen LogP) is 4.14. The minimum absolute atomic E-state index is 0.00125. The van der Waals surface area contributed by atoms with Gasteiger partial charge in [0.1, 0.15) is 5.82 Å². The molecule has 0 aliphatic carbocycles. The van der Waals surface area contributed by atoms with Gasteiger partial charge < -0.3 is 19.6 Å². The molecule has 9 heteroatoms. The third-order valence-electron chi connectivity index (χ3n) is 3.13. The highest BCUT2D eigenvalue weighted by atomic mass is 35.5. The lowest BCUT2D eigenvalue weighted by Gasteiger charge is -2.09. The van der Waals surface area contributed by atoms with Gasteiger partial charge in [-0.05, 0) is 30.3 Å². The molecule has 1 amide bonds. The van der Waals surface area contributed by atoms with Gasteiger partial charge in [-0.25, -0.2) is 4.39 Å². The smallest absolute Gasteiger partial charge is 0.265 e. The Morgan fingerprint density at radius 2 is 2.00 bits per heavy atom. The first-order valence-corrected chi connectivity index (χ1v) is 8.02. The van der Waals surface area contributed by atoms with Crippen LogP contribution in [0.5, 0.6) is 11.5 Å². The number of ether oxygens (including phenoxy) is 2. The fourth-order valence-corrected chi connectivity index (χ4v) is 2.44. The molecule has 0 unspecified atom stereocenters. The van der Waals surface area contributed by atoms with Crippen molar-refractivity contribution in [2.45, 2.75) is 0 Å². The lowest BCUT2D eigenvalue weighted by atomic mass is 10.2. The van der Waals surface area contributed by atoms with Crippen molar-refractivity contribution in [3.05, 3.63) is 51.8 Å². The number of hydrogen-bond acceptors (Lipinski definition) is 5. The Labute approximate surface area is 159 Å². The van der Waals surface area contributed by atoms with E-state index in [4.69, 9.17) is 37.5 Å². The molecule has 0 atom stereocenters. The predicted molar refractivity (Wildman–Crippen MR) is 98.1 cm³/mol. The van der Waals surface area contributed by atoms with Gasteiger partial charge in [-0.15, -0.1) is 0 Å². The lowest BCUT2D eigenvalue weighted by Crippen LogP contribution is -2.17. The Balaban J connectivity index is 1.92. The second kappa shape index (κ2) is 9.26. The van der Waals surface area contributed by atoms with Gasteiger partial charge in [-0.3, -0.25) is 4.79 Å². The minimum Gasteiger partial charge on any atom is -0.493 e. The highest BCUT2D eigenvalue weighted by molar-refractivity contribution is 6.32. The molecule has 0 fully saturated rings. The number of methoxy groups -OCH3 is 2. The van der Waals surface area contributed by atoms with Crippen LogP contribution in [-0.2, 0) is 9.63 Å². The van der Waals surface area contributed by atoms with E-state index < -0.39 is 18.3 Å². The normalized spacial score (nSPS) is 10.7. The van der Waals surface area contributed by atoms with Crippen LogP contribution >= 0.6 is 23.2 Å². The van der Waals surface area contributed by atoms with Gasteiger partial charge in [0.15, 0.2) is 18.1 Å². The number of carbonyl (C=O) groups is 1. The molecule has 0 radical (unpaired) electrons. The molecule has 138 valence electrons. The first-order valence-electron chi connectivity index (χ1n) is 7.26. The summed E-state index contributed by atoms with van der Waals surface area (Å²) in [5, 5.41) is 6.59. The molecular weight excluding hydrogens is 386 g/mol. The number of anilines is 1. The quantitative estimate of drug-likeness (QED) is 0.560. The summed E-state index contributed by atoms with van der Waals surface area (Å²) in [6, 6.07) is 7.14. The Morgan fingerprint density at radius 1 is 1.23 bits per heavy atom. The van der Waals surface area contributed by atoms with Crippen molar-refractivity contribution >= 4 is 41.0 Å². The number of carbonyl (C=O) groups excluding carboxylic acids is 1. The topological polar surface area (TPSA) is 69.2 Å². The molecular formula is C17H15Cl2FN2O4. The van der Waals surface area contributed by atoms with Crippen molar-refractivity contribution in [1.82, 2.24) is 0 Å². The maximum Gasteiger partial charge on any atom is 0.265 e. The monoisotopic (exact) mass is 400 g/mol. The molecule has 0 spiro atoms. The average Bonchev–Trinajstić information content (AvgIpc) is 2.60. The summed E-state index contributed by atoms with van der Waals surface area (Å²) >= 11 is 11.7. The number of oxime groups is 1. The second-order valence-electron chi connectivity index (χ2n) is 4.92. The first kappa shape index (κ1) is 19.8. The zero-order chi connectivity index (χ0) is 19.1. The van der Waals surface area contributed by atoms with Crippen molar-refractivity contribution in [3.8, 4) is 11.5 Å². The fourth-order valence-electron chi connectivity index (χ4n) is 1.98. The van der Waals surface area contributed by atoms with Gasteiger partial charge in [0.2, 0.25) is 0 Å². The van der Waals surface area contributed by atoms with E-state index in [-0.39, 0.29) is 10.7 Å². The Hall–Kier alpha value is -2.51. The highest BCUT2D eigenvalue weighted by Gasteiger charge is 2.10. The van der Waals surface area contributed by atoms with E-state index in [0.717, 1.165) is 6.07 Å². The summed E-state index contributed by atoms with van der Waals surface area (Å²) in [5.41, 5.74) is 0.579. The van der Waals surface area contributed by atoms with E-state index in [9.17, 15) is 9.18 Å². The summed E-state index contributed by atoms with van der Waals surface area (Å²) in [6.07, 6.45) is 1.35. The van der Waals surface area contributed by atoms with Crippen LogP contribution < -0.4 is 14.8 Å². The van der Waals surface area contributed by atoms with E-state index >= 15 is 0 Å². The molecule has 2 aromatic carbocycles. The van der Waals surface area contributed by atoms with Gasteiger partial charge in [0.05, 0.1) is 31.1 Å². The lowest BCUT2D eigenvalue weighted by molar-refractivity contribution is -0.120. The molecule has 0 aliphatic rings. The van der Waals surface area contributed by atoms with Crippen LogP contribution in [-0.4, -0.2) is 32.9 Å². The van der Waals surface area contributed by atoms with Crippen LogP contribution in [0.1, 0.15) is 5.56 Å². The van der Waals surface area contributed by atoms with E-state index in [1.165, 1.54) is 32.6 Å². The minimum atomic E-state index is -0.644. The van der Waals surface area contributed by atoms with E-state index in [1.807, 2.05) is 0 Å². The maximum atomic E-state index is 13.6. The van der Waals surface area contributed by atoms with Gasteiger partial charge in [-0.2, -0.15) is 0 Å². The summed E-state index contributed by atoms with van der Waals surface area (Å²) in [6.45, 7) is -0.403. The number of nitrogens with zero attached hydrogens (tertiary/aromatic N) is 1. The Morgan fingerprint density at radius 3 is 2.65 bits per heavy atom. The molecule has 0 bridgehead atoms.